The fraction of sp³-hybridized carbons (Fsp3) is 0.273. The van der Waals surface area contributed by atoms with Gasteiger partial charge in [-0.1, -0.05) is 13.0 Å². The Hall–Kier alpha value is -3.87. The molecule has 4 atom stereocenters. The Bertz CT molecular complexity index is 1210. The summed E-state index contributed by atoms with van der Waals surface area (Å²) in [4.78, 5) is 0. The molecule has 2 fully saturated rings. The summed E-state index contributed by atoms with van der Waals surface area (Å²) in [5.74, 6) is -6.50. The van der Waals surface area contributed by atoms with Gasteiger partial charge >= 0.3 is 0 Å². The number of benzene rings is 2. The lowest BCUT2D eigenvalue weighted by molar-refractivity contribution is -0.288. The second-order valence-electron chi connectivity index (χ2n) is 7.45. The zero-order valence-electron chi connectivity index (χ0n) is 16.0. The Balaban J connectivity index is 2.04. The van der Waals surface area contributed by atoms with Crippen molar-refractivity contribution in [3.63, 3.8) is 0 Å². The first kappa shape index (κ1) is 20.4. The van der Waals surface area contributed by atoms with Crippen LogP contribution in [0.25, 0.3) is 0 Å². The molecule has 2 aliphatic rings. The Kier molecular flexibility index (Phi) is 4.32. The van der Waals surface area contributed by atoms with E-state index in [4.69, 9.17) is 14.9 Å². The normalized spacial score (nSPS) is 30.5. The van der Waals surface area contributed by atoms with E-state index in [1.807, 2.05) is 6.07 Å². The van der Waals surface area contributed by atoms with Crippen LogP contribution >= 0.6 is 0 Å². The highest BCUT2D eigenvalue weighted by atomic mass is 19.2. The van der Waals surface area contributed by atoms with Gasteiger partial charge in [0, 0.05) is 5.56 Å². The van der Waals surface area contributed by atoms with Gasteiger partial charge in [0.15, 0.2) is 17.0 Å². The van der Waals surface area contributed by atoms with Crippen molar-refractivity contribution >= 4 is 5.90 Å². The van der Waals surface area contributed by atoms with Crippen molar-refractivity contribution in [3.8, 4) is 18.2 Å². The molecule has 154 valence electrons. The fourth-order valence-corrected chi connectivity index (χ4v) is 4.53. The van der Waals surface area contributed by atoms with Gasteiger partial charge < -0.3 is 9.47 Å². The number of halogens is 3. The molecule has 0 amide bonds. The summed E-state index contributed by atoms with van der Waals surface area (Å²) in [6.45, 7) is 1.49. The van der Waals surface area contributed by atoms with E-state index in [0.29, 0.717) is 0 Å². The average molecular weight is 422 g/mol. The van der Waals surface area contributed by atoms with E-state index in [1.54, 1.807) is 12.1 Å². The number of ether oxygens (including phenoxy) is 2. The summed E-state index contributed by atoms with van der Waals surface area (Å²) in [7, 11) is 0. The van der Waals surface area contributed by atoms with E-state index in [1.165, 1.54) is 19.1 Å². The van der Waals surface area contributed by atoms with E-state index >= 15 is 0 Å². The minimum absolute atomic E-state index is 0.0849. The van der Waals surface area contributed by atoms with Gasteiger partial charge in [-0.05, 0) is 42.0 Å². The molecule has 2 bridgehead atoms. The van der Waals surface area contributed by atoms with Crippen LogP contribution in [0.5, 0.6) is 0 Å². The minimum atomic E-state index is -2.32. The molecular weight excluding hydrogens is 409 g/mol. The molecule has 2 aromatic carbocycles. The summed E-state index contributed by atoms with van der Waals surface area (Å²) in [6.07, 6.45) is -1.58. The van der Waals surface area contributed by atoms with Crippen molar-refractivity contribution in [2.75, 3.05) is 0 Å². The molecule has 2 saturated heterocycles. The third-order valence-corrected chi connectivity index (χ3v) is 6.16. The van der Waals surface area contributed by atoms with Crippen LogP contribution in [-0.4, -0.2) is 5.90 Å². The lowest BCUT2D eigenvalue weighted by Gasteiger charge is -2.48. The van der Waals surface area contributed by atoms with Crippen molar-refractivity contribution in [3.05, 3.63) is 71.0 Å². The Morgan fingerprint density at radius 3 is 2.13 bits per heavy atom. The lowest BCUT2D eigenvalue weighted by atomic mass is 9.53. The smallest absolute Gasteiger partial charge is 0.244 e. The summed E-state index contributed by atoms with van der Waals surface area (Å²) in [6, 6.07) is 13.2. The molecule has 4 rings (SSSR count). The SMILES string of the molecule is CC1C2(c3ccc(F)cc3)OC(=N)C1(C#N)C(C#N)(C#N)C(c1ccc(F)c(F)c1)O2. The summed E-state index contributed by atoms with van der Waals surface area (Å²) in [5, 5.41) is 38.7. The third kappa shape index (κ3) is 2.31. The first-order valence-electron chi connectivity index (χ1n) is 9.13. The predicted octanol–water partition coefficient (Wildman–Crippen LogP) is 4.22. The number of nitrogens with zero attached hydrogens (tertiary/aromatic N) is 3. The molecule has 4 unspecified atom stereocenters. The maximum atomic E-state index is 14.0. The number of nitriles is 3. The van der Waals surface area contributed by atoms with E-state index in [0.717, 1.165) is 30.3 Å². The van der Waals surface area contributed by atoms with Gasteiger partial charge in [-0.2, -0.15) is 15.8 Å². The Morgan fingerprint density at radius 1 is 0.935 bits per heavy atom. The van der Waals surface area contributed by atoms with Crippen LogP contribution in [0.2, 0.25) is 0 Å². The maximum absolute atomic E-state index is 14.0. The molecule has 31 heavy (non-hydrogen) atoms. The van der Waals surface area contributed by atoms with Gasteiger partial charge in [0.25, 0.3) is 0 Å². The van der Waals surface area contributed by atoms with Crippen LogP contribution in [-0.2, 0) is 15.3 Å². The van der Waals surface area contributed by atoms with Gasteiger partial charge in [0.05, 0.1) is 24.1 Å². The van der Waals surface area contributed by atoms with Crippen molar-refractivity contribution < 1.29 is 22.6 Å². The monoisotopic (exact) mass is 422 g/mol. The quantitative estimate of drug-likeness (QED) is 0.779. The molecule has 0 aromatic heterocycles. The highest BCUT2D eigenvalue weighted by Crippen LogP contribution is 2.68. The molecule has 0 aliphatic carbocycles. The molecule has 2 heterocycles. The van der Waals surface area contributed by atoms with E-state index in [-0.39, 0.29) is 11.1 Å². The number of hydrogen-bond acceptors (Lipinski definition) is 6. The van der Waals surface area contributed by atoms with Crippen LogP contribution in [0.4, 0.5) is 13.2 Å². The van der Waals surface area contributed by atoms with E-state index in [2.05, 4.69) is 0 Å². The zero-order valence-corrected chi connectivity index (χ0v) is 16.0. The highest BCUT2D eigenvalue weighted by Gasteiger charge is 2.79. The lowest BCUT2D eigenvalue weighted by Crippen LogP contribution is -2.57. The molecule has 9 heteroatoms. The highest BCUT2D eigenvalue weighted by molar-refractivity contribution is 5.89. The standard InChI is InChI=1S/C22H13F3N4O2/c1-12-21(11-28)19(29)31-22(12,14-3-5-15(23)6-4-14)30-18(20(21,9-26)10-27)13-2-7-16(24)17(25)8-13/h2-8,12,18,29H,1H3. The molecular formula is C22H13F3N4O2. The van der Waals surface area contributed by atoms with Crippen molar-refractivity contribution in [1.29, 1.82) is 21.2 Å². The molecule has 6 nitrogen and oxygen atoms in total. The summed E-state index contributed by atoms with van der Waals surface area (Å²) in [5.41, 5.74) is -4.26. The largest absolute Gasteiger partial charge is 0.443 e. The van der Waals surface area contributed by atoms with Crippen molar-refractivity contribution in [2.24, 2.45) is 16.7 Å². The minimum Gasteiger partial charge on any atom is -0.443 e. The number of fused-ring (bicyclic) bond motifs is 2. The van der Waals surface area contributed by atoms with Crippen molar-refractivity contribution in [2.45, 2.75) is 18.8 Å². The number of nitrogens with one attached hydrogen (secondary N) is 1. The van der Waals surface area contributed by atoms with Gasteiger partial charge in [-0.25, -0.2) is 13.2 Å². The Morgan fingerprint density at radius 2 is 1.58 bits per heavy atom. The molecule has 2 aromatic rings. The maximum Gasteiger partial charge on any atom is 0.244 e. The fourth-order valence-electron chi connectivity index (χ4n) is 4.53. The first-order chi connectivity index (χ1) is 14.7. The first-order valence-corrected chi connectivity index (χ1v) is 9.13. The van der Waals surface area contributed by atoms with E-state index in [9.17, 15) is 29.0 Å². The molecule has 2 aliphatic heterocycles. The zero-order chi connectivity index (χ0) is 22.6. The van der Waals surface area contributed by atoms with Crippen LogP contribution < -0.4 is 0 Å². The third-order valence-electron chi connectivity index (χ3n) is 6.16. The van der Waals surface area contributed by atoms with Crippen LogP contribution in [0.3, 0.4) is 0 Å². The van der Waals surface area contributed by atoms with Crippen LogP contribution in [0.1, 0.15) is 24.2 Å². The molecule has 0 spiro atoms. The summed E-state index contributed by atoms with van der Waals surface area (Å²) < 4.78 is 52.9. The topological polar surface area (TPSA) is 114 Å². The van der Waals surface area contributed by atoms with Crippen LogP contribution in [0, 0.1) is 73.6 Å². The average Bonchev–Trinajstić information content (AvgIpc) is 2.92. The van der Waals surface area contributed by atoms with Crippen LogP contribution in [0.15, 0.2) is 42.5 Å². The predicted molar refractivity (Wildman–Crippen MR) is 97.9 cm³/mol. The van der Waals surface area contributed by atoms with Gasteiger partial charge in [0.1, 0.15) is 11.9 Å². The molecule has 0 saturated carbocycles. The number of rotatable bonds is 2. The Labute approximate surface area is 175 Å². The molecule has 1 N–H and O–H groups in total. The van der Waals surface area contributed by atoms with Gasteiger partial charge in [-0.15, -0.1) is 0 Å². The van der Waals surface area contributed by atoms with Crippen molar-refractivity contribution in [1.82, 2.24) is 0 Å². The van der Waals surface area contributed by atoms with E-state index < -0.39 is 52.0 Å². The molecule has 0 radical (unpaired) electrons. The summed E-state index contributed by atoms with van der Waals surface area (Å²) >= 11 is 0. The second-order valence-corrected chi connectivity index (χ2v) is 7.45. The van der Waals surface area contributed by atoms with Gasteiger partial charge in [-0.3, -0.25) is 5.41 Å². The number of hydrogen-bond donors (Lipinski definition) is 1. The second kappa shape index (κ2) is 6.57. The van der Waals surface area contributed by atoms with Gasteiger partial charge in [0.2, 0.25) is 17.1 Å².